The average molecular weight is 340 g/mol. The van der Waals surface area contributed by atoms with Crippen molar-refractivity contribution in [3.63, 3.8) is 0 Å². The minimum atomic E-state index is -2.92. The zero-order chi connectivity index (χ0) is 17.2. The predicted octanol–water partition coefficient (Wildman–Crippen LogP) is 4.94. The first-order chi connectivity index (χ1) is 11.5. The standard InChI is InChI=1S/C20H18FO2P/c1-24(23,17-7-3-2-4-8-17)20(15-11-13-16(21)14-12-15)18-9-5-6-10-19(18)22/h2-14,20,22H,1H3. The summed E-state index contributed by atoms with van der Waals surface area (Å²) < 4.78 is 27.1. The molecule has 0 aromatic heterocycles. The van der Waals surface area contributed by atoms with Crippen molar-refractivity contribution in [1.82, 2.24) is 0 Å². The molecule has 2 unspecified atom stereocenters. The third-order valence-corrected chi connectivity index (χ3v) is 7.06. The zero-order valence-electron chi connectivity index (χ0n) is 13.3. The van der Waals surface area contributed by atoms with E-state index >= 15 is 0 Å². The van der Waals surface area contributed by atoms with E-state index in [1.165, 1.54) is 12.1 Å². The number of rotatable bonds is 4. The van der Waals surface area contributed by atoms with Gasteiger partial charge in [-0.05, 0) is 30.4 Å². The van der Waals surface area contributed by atoms with E-state index in [0.717, 1.165) is 5.30 Å². The maximum absolute atomic E-state index is 13.7. The molecule has 0 bridgehead atoms. The molecule has 4 heteroatoms. The number of benzene rings is 3. The molecule has 0 saturated carbocycles. The molecule has 0 aliphatic carbocycles. The van der Waals surface area contributed by atoms with Gasteiger partial charge < -0.3 is 9.67 Å². The van der Waals surface area contributed by atoms with Crippen LogP contribution in [0.4, 0.5) is 4.39 Å². The molecule has 24 heavy (non-hydrogen) atoms. The molecule has 0 aliphatic rings. The normalized spacial score (nSPS) is 14.8. The van der Waals surface area contributed by atoms with Crippen molar-refractivity contribution in [2.45, 2.75) is 5.66 Å². The van der Waals surface area contributed by atoms with Crippen LogP contribution in [-0.4, -0.2) is 11.8 Å². The molecule has 3 aromatic carbocycles. The minimum absolute atomic E-state index is 0.0878. The highest BCUT2D eigenvalue weighted by Gasteiger charge is 2.34. The molecule has 0 spiro atoms. The van der Waals surface area contributed by atoms with Crippen LogP contribution in [0.15, 0.2) is 78.9 Å². The molecule has 0 radical (unpaired) electrons. The molecule has 0 saturated heterocycles. The first-order valence-electron chi connectivity index (χ1n) is 7.66. The molecule has 2 nitrogen and oxygen atoms in total. The molecule has 2 atom stereocenters. The number of halogens is 1. The summed E-state index contributed by atoms with van der Waals surface area (Å²) in [5.41, 5.74) is 0.757. The van der Waals surface area contributed by atoms with Crippen LogP contribution in [0.5, 0.6) is 5.75 Å². The van der Waals surface area contributed by atoms with E-state index in [1.807, 2.05) is 30.3 Å². The molecule has 0 heterocycles. The van der Waals surface area contributed by atoms with Gasteiger partial charge >= 0.3 is 0 Å². The summed E-state index contributed by atoms with van der Waals surface area (Å²) in [6.45, 7) is 1.71. The molecule has 0 fully saturated rings. The second kappa shape index (κ2) is 6.62. The fraction of sp³-hybridized carbons (Fsp3) is 0.100. The summed E-state index contributed by atoms with van der Waals surface area (Å²) in [4.78, 5) is 0. The Labute approximate surface area is 141 Å². The lowest BCUT2D eigenvalue weighted by atomic mass is 10.0. The van der Waals surface area contributed by atoms with E-state index < -0.39 is 12.8 Å². The Kier molecular flexibility index (Phi) is 4.55. The Hall–Kier alpha value is -2.38. The van der Waals surface area contributed by atoms with Crippen LogP contribution in [0.2, 0.25) is 0 Å². The van der Waals surface area contributed by atoms with Crippen molar-refractivity contribution in [2.24, 2.45) is 0 Å². The third-order valence-electron chi connectivity index (χ3n) is 4.18. The molecular formula is C20H18FO2P. The van der Waals surface area contributed by atoms with E-state index in [9.17, 15) is 14.1 Å². The van der Waals surface area contributed by atoms with Gasteiger partial charge in [-0.3, -0.25) is 0 Å². The number of para-hydroxylation sites is 1. The highest BCUT2D eigenvalue weighted by atomic mass is 31.2. The Morgan fingerprint density at radius 3 is 2.08 bits per heavy atom. The van der Waals surface area contributed by atoms with Crippen molar-refractivity contribution in [2.75, 3.05) is 6.66 Å². The minimum Gasteiger partial charge on any atom is -0.508 e. The van der Waals surface area contributed by atoms with Crippen LogP contribution < -0.4 is 5.30 Å². The lowest BCUT2D eigenvalue weighted by Crippen LogP contribution is -2.12. The van der Waals surface area contributed by atoms with E-state index in [2.05, 4.69) is 0 Å². The van der Waals surface area contributed by atoms with Gasteiger partial charge in [0.05, 0.1) is 5.66 Å². The Bertz CT molecular complexity index is 876. The summed E-state index contributed by atoms with van der Waals surface area (Å²) in [7, 11) is -2.92. The Morgan fingerprint density at radius 2 is 1.46 bits per heavy atom. The molecule has 0 amide bonds. The van der Waals surface area contributed by atoms with Crippen molar-refractivity contribution in [3.05, 3.63) is 95.8 Å². The number of hydrogen-bond donors (Lipinski definition) is 1. The molecule has 122 valence electrons. The maximum Gasteiger partial charge on any atom is 0.124 e. The molecule has 3 aromatic rings. The van der Waals surface area contributed by atoms with Gasteiger partial charge in [0.1, 0.15) is 18.7 Å². The third kappa shape index (κ3) is 3.13. The van der Waals surface area contributed by atoms with Crippen molar-refractivity contribution < 1.29 is 14.1 Å². The lowest BCUT2D eigenvalue weighted by Gasteiger charge is -2.26. The second-order valence-electron chi connectivity index (χ2n) is 5.84. The van der Waals surface area contributed by atoms with Crippen LogP contribution >= 0.6 is 7.14 Å². The largest absolute Gasteiger partial charge is 0.508 e. The first-order valence-corrected chi connectivity index (χ1v) is 9.88. The number of phenolic OH excluding ortho intramolecular Hbond substituents is 1. The van der Waals surface area contributed by atoms with Crippen molar-refractivity contribution in [3.8, 4) is 5.75 Å². The topological polar surface area (TPSA) is 37.3 Å². The maximum atomic E-state index is 13.7. The fourth-order valence-electron chi connectivity index (χ4n) is 2.97. The van der Waals surface area contributed by atoms with Crippen LogP contribution in [0.25, 0.3) is 0 Å². The van der Waals surface area contributed by atoms with Gasteiger partial charge in [0, 0.05) is 10.9 Å². The summed E-state index contributed by atoms with van der Waals surface area (Å²) in [5.74, 6) is -0.259. The van der Waals surface area contributed by atoms with Gasteiger partial charge in [-0.2, -0.15) is 0 Å². The quantitative estimate of drug-likeness (QED) is 0.683. The Balaban J connectivity index is 2.21. The van der Waals surface area contributed by atoms with Gasteiger partial charge in [-0.25, -0.2) is 4.39 Å². The van der Waals surface area contributed by atoms with Gasteiger partial charge in [0.15, 0.2) is 0 Å². The fourth-order valence-corrected chi connectivity index (χ4v) is 5.52. The van der Waals surface area contributed by atoms with Crippen LogP contribution in [0, 0.1) is 5.82 Å². The van der Waals surface area contributed by atoms with Gasteiger partial charge in [-0.15, -0.1) is 0 Å². The van der Waals surface area contributed by atoms with Gasteiger partial charge in [-0.1, -0.05) is 60.7 Å². The smallest absolute Gasteiger partial charge is 0.124 e. The molecular weight excluding hydrogens is 322 g/mol. The highest BCUT2D eigenvalue weighted by molar-refractivity contribution is 7.71. The van der Waals surface area contributed by atoms with E-state index in [0.29, 0.717) is 11.1 Å². The van der Waals surface area contributed by atoms with Gasteiger partial charge in [0.2, 0.25) is 0 Å². The van der Waals surface area contributed by atoms with Crippen LogP contribution in [0.1, 0.15) is 16.8 Å². The monoisotopic (exact) mass is 340 g/mol. The van der Waals surface area contributed by atoms with E-state index in [4.69, 9.17) is 0 Å². The molecule has 3 rings (SSSR count). The molecule has 1 N–H and O–H groups in total. The van der Waals surface area contributed by atoms with Crippen LogP contribution in [-0.2, 0) is 4.57 Å². The summed E-state index contributed by atoms with van der Waals surface area (Å²) in [6, 6.07) is 22.1. The number of hydrogen-bond acceptors (Lipinski definition) is 2. The summed E-state index contributed by atoms with van der Waals surface area (Å²) in [6.07, 6.45) is 0. The van der Waals surface area contributed by atoms with Gasteiger partial charge in [0.25, 0.3) is 0 Å². The SMILES string of the molecule is CP(=O)(c1ccccc1)C(c1ccc(F)cc1)c1ccccc1O. The first kappa shape index (κ1) is 16.5. The lowest BCUT2D eigenvalue weighted by molar-refractivity contribution is 0.468. The number of phenols is 1. The zero-order valence-corrected chi connectivity index (χ0v) is 14.2. The summed E-state index contributed by atoms with van der Waals surface area (Å²) in [5, 5.41) is 11.0. The second-order valence-corrected chi connectivity index (χ2v) is 8.85. The van der Waals surface area contributed by atoms with E-state index in [-0.39, 0.29) is 11.6 Å². The van der Waals surface area contributed by atoms with Crippen molar-refractivity contribution in [1.29, 1.82) is 0 Å². The van der Waals surface area contributed by atoms with Crippen LogP contribution in [0.3, 0.4) is 0 Å². The predicted molar refractivity (Wildman–Crippen MR) is 96.0 cm³/mol. The number of aromatic hydroxyl groups is 1. The highest BCUT2D eigenvalue weighted by Crippen LogP contribution is 2.59. The summed E-state index contributed by atoms with van der Waals surface area (Å²) >= 11 is 0. The van der Waals surface area contributed by atoms with E-state index in [1.54, 1.807) is 43.1 Å². The Morgan fingerprint density at radius 1 is 0.875 bits per heavy atom. The molecule has 0 aliphatic heterocycles. The van der Waals surface area contributed by atoms with Crippen molar-refractivity contribution >= 4 is 12.4 Å². The average Bonchev–Trinajstić information content (AvgIpc) is 2.59.